The number of likely N-dealkylation sites (tertiary alicyclic amines) is 1. The molecule has 3 saturated heterocycles. The third-order valence-electron chi connectivity index (χ3n) is 6.07. The first-order valence-corrected chi connectivity index (χ1v) is 9.11. The zero-order chi connectivity index (χ0) is 17.7. The fourth-order valence-electron chi connectivity index (χ4n) is 4.53. The van der Waals surface area contributed by atoms with E-state index in [2.05, 4.69) is 36.4 Å². The summed E-state index contributed by atoms with van der Waals surface area (Å²) in [7, 11) is 1.73. The number of rotatable bonds is 2. The molecular weight excluding hydrogens is 317 g/mol. The first kappa shape index (κ1) is 18.4. The molecule has 140 valence electrons. The molecule has 4 nitrogen and oxygen atoms in total. The standard InChI is InChI=1S/C17H31F3N4/c1-16(2,3)13-8-11-6-5-7-24(15(11)21-13)10-12-9-14(17(18,19)20)22-23(12)4/h11-15,21-22H,5-10H2,1-4H3. The van der Waals surface area contributed by atoms with Gasteiger partial charge in [-0.05, 0) is 43.6 Å². The number of piperidine rings is 1. The van der Waals surface area contributed by atoms with Crippen LogP contribution in [0.1, 0.15) is 46.5 Å². The minimum absolute atomic E-state index is 0.0918. The molecule has 3 aliphatic rings. The van der Waals surface area contributed by atoms with Crippen molar-refractivity contribution in [3.63, 3.8) is 0 Å². The number of fused-ring (bicyclic) bond motifs is 1. The predicted molar refractivity (Wildman–Crippen MR) is 88.2 cm³/mol. The molecule has 3 rings (SSSR count). The van der Waals surface area contributed by atoms with Gasteiger partial charge in [0.05, 0.1) is 6.17 Å². The Morgan fingerprint density at radius 3 is 2.38 bits per heavy atom. The number of nitrogens with zero attached hydrogens (tertiary/aromatic N) is 2. The highest BCUT2D eigenvalue weighted by molar-refractivity contribution is 4.99. The lowest BCUT2D eigenvalue weighted by Crippen LogP contribution is -2.55. The topological polar surface area (TPSA) is 30.5 Å². The van der Waals surface area contributed by atoms with Crippen LogP contribution in [0.5, 0.6) is 0 Å². The summed E-state index contributed by atoms with van der Waals surface area (Å²) in [5, 5.41) is 5.44. The Balaban J connectivity index is 1.63. The van der Waals surface area contributed by atoms with E-state index in [1.807, 2.05) is 0 Å². The molecule has 3 aliphatic heterocycles. The Labute approximate surface area is 143 Å². The van der Waals surface area contributed by atoms with Crippen LogP contribution in [0.25, 0.3) is 0 Å². The SMILES string of the molecule is CN1NC(C(F)(F)F)CC1CN1CCCC2CC(C(C)(C)C)NC21. The maximum absolute atomic E-state index is 13.0. The Kier molecular flexibility index (Phi) is 4.92. The van der Waals surface area contributed by atoms with Crippen LogP contribution in [-0.2, 0) is 0 Å². The lowest BCUT2D eigenvalue weighted by Gasteiger charge is -2.40. The van der Waals surface area contributed by atoms with Gasteiger partial charge in [0.1, 0.15) is 6.04 Å². The fraction of sp³-hybridized carbons (Fsp3) is 1.00. The second-order valence-electron chi connectivity index (χ2n) is 8.89. The van der Waals surface area contributed by atoms with E-state index in [1.165, 1.54) is 12.8 Å². The van der Waals surface area contributed by atoms with E-state index in [9.17, 15) is 13.2 Å². The maximum Gasteiger partial charge on any atom is 0.405 e. The summed E-state index contributed by atoms with van der Waals surface area (Å²) >= 11 is 0. The van der Waals surface area contributed by atoms with Crippen molar-refractivity contribution in [3.8, 4) is 0 Å². The molecule has 5 atom stereocenters. The summed E-state index contributed by atoms with van der Waals surface area (Å²) in [6.45, 7) is 8.45. The lowest BCUT2D eigenvalue weighted by atomic mass is 9.83. The molecule has 7 heteroatoms. The van der Waals surface area contributed by atoms with Gasteiger partial charge in [-0.3, -0.25) is 10.2 Å². The van der Waals surface area contributed by atoms with Crippen LogP contribution in [0, 0.1) is 11.3 Å². The third kappa shape index (κ3) is 3.74. The highest BCUT2D eigenvalue weighted by atomic mass is 19.4. The third-order valence-corrected chi connectivity index (χ3v) is 6.07. The normalized spacial score (nSPS) is 39.4. The summed E-state index contributed by atoms with van der Waals surface area (Å²) < 4.78 is 38.9. The first-order chi connectivity index (χ1) is 11.1. The van der Waals surface area contributed by atoms with Crippen molar-refractivity contribution in [3.05, 3.63) is 0 Å². The van der Waals surface area contributed by atoms with Gasteiger partial charge in [-0.15, -0.1) is 0 Å². The van der Waals surface area contributed by atoms with Crippen LogP contribution in [-0.4, -0.2) is 60.5 Å². The Hall–Kier alpha value is -0.370. The van der Waals surface area contributed by atoms with E-state index in [1.54, 1.807) is 12.1 Å². The van der Waals surface area contributed by atoms with Crippen molar-refractivity contribution in [1.29, 1.82) is 0 Å². The molecule has 0 bridgehead atoms. The van der Waals surface area contributed by atoms with Crippen molar-refractivity contribution in [2.24, 2.45) is 11.3 Å². The summed E-state index contributed by atoms with van der Waals surface area (Å²) in [5.74, 6) is 0.626. The number of likely N-dealkylation sites (N-methyl/N-ethyl adjacent to an activating group) is 1. The molecule has 0 radical (unpaired) electrons. The molecule has 3 fully saturated rings. The molecule has 0 spiro atoms. The summed E-state index contributed by atoms with van der Waals surface area (Å²) in [5.41, 5.74) is 2.81. The van der Waals surface area contributed by atoms with Gasteiger partial charge in [-0.25, -0.2) is 10.4 Å². The predicted octanol–water partition coefficient (Wildman–Crippen LogP) is 2.57. The van der Waals surface area contributed by atoms with Crippen molar-refractivity contribution in [1.82, 2.24) is 20.7 Å². The minimum atomic E-state index is -4.17. The second kappa shape index (κ2) is 6.41. The summed E-state index contributed by atoms with van der Waals surface area (Å²) in [6.07, 6.45) is -0.167. The smallest absolute Gasteiger partial charge is 0.298 e. The van der Waals surface area contributed by atoms with Crippen LogP contribution in [0.15, 0.2) is 0 Å². The van der Waals surface area contributed by atoms with E-state index in [4.69, 9.17) is 0 Å². The second-order valence-corrected chi connectivity index (χ2v) is 8.89. The molecule has 24 heavy (non-hydrogen) atoms. The molecule has 0 saturated carbocycles. The maximum atomic E-state index is 13.0. The molecule has 0 aromatic heterocycles. The number of nitrogens with one attached hydrogen (secondary N) is 2. The van der Waals surface area contributed by atoms with Gasteiger partial charge >= 0.3 is 6.18 Å². The Morgan fingerprint density at radius 2 is 1.79 bits per heavy atom. The number of hydrazine groups is 1. The van der Waals surface area contributed by atoms with Crippen molar-refractivity contribution < 1.29 is 13.2 Å². The van der Waals surface area contributed by atoms with Crippen LogP contribution in [0.4, 0.5) is 13.2 Å². The highest BCUT2D eigenvalue weighted by Crippen LogP contribution is 2.38. The number of hydrogen-bond acceptors (Lipinski definition) is 4. The van der Waals surface area contributed by atoms with Crippen LogP contribution in [0.3, 0.4) is 0 Å². The molecule has 0 aromatic rings. The lowest BCUT2D eigenvalue weighted by molar-refractivity contribution is -0.156. The van der Waals surface area contributed by atoms with Gasteiger partial charge in [0.15, 0.2) is 0 Å². The molecule has 0 aliphatic carbocycles. The largest absolute Gasteiger partial charge is 0.405 e. The van der Waals surface area contributed by atoms with Crippen LogP contribution in [0.2, 0.25) is 0 Å². The van der Waals surface area contributed by atoms with Crippen molar-refractivity contribution in [2.45, 2.75) is 76.9 Å². The average molecular weight is 348 g/mol. The number of halogens is 3. The quantitative estimate of drug-likeness (QED) is 0.803. The first-order valence-electron chi connectivity index (χ1n) is 9.11. The van der Waals surface area contributed by atoms with Crippen molar-refractivity contribution >= 4 is 0 Å². The average Bonchev–Trinajstić information content (AvgIpc) is 3.03. The minimum Gasteiger partial charge on any atom is -0.298 e. The van der Waals surface area contributed by atoms with Crippen LogP contribution < -0.4 is 10.7 Å². The van der Waals surface area contributed by atoms with Gasteiger partial charge in [-0.1, -0.05) is 20.8 Å². The highest BCUT2D eigenvalue weighted by Gasteiger charge is 2.48. The zero-order valence-electron chi connectivity index (χ0n) is 15.2. The van der Waals surface area contributed by atoms with Gasteiger partial charge in [0, 0.05) is 25.7 Å². The Bertz CT molecular complexity index is 448. The molecule has 5 unspecified atom stereocenters. The monoisotopic (exact) mass is 348 g/mol. The van der Waals surface area contributed by atoms with Gasteiger partial charge in [-0.2, -0.15) is 13.2 Å². The summed E-state index contributed by atoms with van der Waals surface area (Å²) in [6, 6.07) is -1.02. The number of hydrogen-bond donors (Lipinski definition) is 2. The van der Waals surface area contributed by atoms with E-state index in [-0.39, 0.29) is 17.9 Å². The van der Waals surface area contributed by atoms with Crippen LogP contribution >= 0.6 is 0 Å². The van der Waals surface area contributed by atoms with E-state index in [0.717, 1.165) is 13.0 Å². The number of alkyl halides is 3. The summed E-state index contributed by atoms with van der Waals surface area (Å²) in [4.78, 5) is 2.39. The molecule has 0 aromatic carbocycles. The molecule has 0 amide bonds. The fourth-order valence-corrected chi connectivity index (χ4v) is 4.53. The van der Waals surface area contributed by atoms with E-state index >= 15 is 0 Å². The zero-order valence-corrected chi connectivity index (χ0v) is 15.2. The van der Waals surface area contributed by atoms with E-state index in [0.29, 0.717) is 24.7 Å². The van der Waals surface area contributed by atoms with E-state index < -0.39 is 12.2 Å². The molecule has 3 heterocycles. The Morgan fingerprint density at radius 1 is 1.08 bits per heavy atom. The van der Waals surface area contributed by atoms with Gasteiger partial charge < -0.3 is 0 Å². The van der Waals surface area contributed by atoms with Gasteiger partial charge in [0.25, 0.3) is 0 Å². The molecule has 2 N–H and O–H groups in total. The molecular formula is C17H31F3N4. The van der Waals surface area contributed by atoms with Crippen molar-refractivity contribution in [2.75, 3.05) is 20.1 Å². The van der Waals surface area contributed by atoms with Gasteiger partial charge in [0.2, 0.25) is 0 Å².